The Morgan fingerprint density at radius 3 is 2.40 bits per heavy atom. The molecule has 2 rings (SSSR count). The van der Waals surface area contributed by atoms with Gasteiger partial charge in [0.2, 0.25) is 0 Å². The number of furan rings is 1. The topological polar surface area (TPSA) is 79.5 Å². The molecule has 1 aromatic heterocycles. The van der Waals surface area contributed by atoms with Crippen molar-refractivity contribution < 1.29 is 19.1 Å². The highest BCUT2D eigenvalue weighted by molar-refractivity contribution is 6.29. The lowest BCUT2D eigenvalue weighted by molar-refractivity contribution is -0.149. The summed E-state index contributed by atoms with van der Waals surface area (Å²) in [6.07, 6.45) is 5.07. The van der Waals surface area contributed by atoms with Crippen molar-refractivity contribution >= 4 is 23.5 Å². The summed E-state index contributed by atoms with van der Waals surface area (Å²) in [5.74, 6) is -1.16. The molecular weight excluding hydrogens is 282 g/mol. The zero-order valence-electron chi connectivity index (χ0n) is 11.2. The van der Waals surface area contributed by atoms with Crippen molar-refractivity contribution in [1.82, 2.24) is 5.32 Å². The van der Waals surface area contributed by atoms with Crippen LogP contribution >= 0.6 is 11.6 Å². The van der Waals surface area contributed by atoms with E-state index in [1.165, 1.54) is 12.1 Å². The van der Waals surface area contributed by atoms with Gasteiger partial charge in [0.15, 0.2) is 11.0 Å². The first-order valence-corrected chi connectivity index (χ1v) is 7.18. The van der Waals surface area contributed by atoms with Crippen LogP contribution in [0.2, 0.25) is 5.22 Å². The summed E-state index contributed by atoms with van der Waals surface area (Å²) >= 11 is 5.61. The van der Waals surface area contributed by atoms with Gasteiger partial charge in [-0.2, -0.15) is 0 Å². The molecule has 0 saturated heterocycles. The van der Waals surface area contributed by atoms with Crippen molar-refractivity contribution in [2.45, 2.75) is 38.5 Å². The number of nitrogens with one attached hydrogen (secondary N) is 1. The Hall–Kier alpha value is -1.49. The van der Waals surface area contributed by atoms with Gasteiger partial charge in [0.05, 0.1) is 5.41 Å². The molecule has 0 spiro atoms. The van der Waals surface area contributed by atoms with Crippen molar-refractivity contribution in [3.8, 4) is 0 Å². The highest BCUT2D eigenvalue weighted by atomic mass is 35.5. The average molecular weight is 300 g/mol. The largest absolute Gasteiger partial charge is 0.481 e. The molecule has 1 saturated carbocycles. The molecule has 1 fully saturated rings. The lowest BCUT2D eigenvalue weighted by atomic mass is 9.80. The lowest BCUT2D eigenvalue weighted by Crippen LogP contribution is -2.42. The summed E-state index contributed by atoms with van der Waals surface area (Å²) in [6.45, 7) is 0.124. The summed E-state index contributed by atoms with van der Waals surface area (Å²) in [4.78, 5) is 23.5. The number of halogens is 1. The Morgan fingerprint density at radius 1 is 1.25 bits per heavy atom. The van der Waals surface area contributed by atoms with Crippen LogP contribution in [-0.4, -0.2) is 23.5 Å². The van der Waals surface area contributed by atoms with Crippen molar-refractivity contribution in [3.63, 3.8) is 0 Å². The summed E-state index contributed by atoms with van der Waals surface area (Å²) in [6, 6.07) is 2.95. The molecule has 0 aromatic carbocycles. The van der Waals surface area contributed by atoms with Crippen LogP contribution in [0.15, 0.2) is 16.5 Å². The molecule has 0 radical (unpaired) electrons. The van der Waals surface area contributed by atoms with E-state index in [0.29, 0.717) is 12.8 Å². The van der Waals surface area contributed by atoms with E-state index in [2.05, 4.69) is 5.32 Å². The number of carbonyl (C=O) groups is 2. The SMILES string of the molecule is O=C(NCC1(C(=O)O)CCCCCC1)c1ccc(Cl)o1. The fraction of sp³-hybridized carbons (Fsp3) is 0.571. The highest BCUT2D eigenvalue weighted by Crippen LogP contribution is 2.34. The first-order chi connectivity index (χ1) is 9.53. The smallest absolute Gasteiger partial charge is 0.311 e. The normalized spacial score (nSPS) is 18.2. The van der Waals surface area contributed by atoms with Gasteiger partial charge in [-0.05, 0) is 36.6 Å². The van der Waals surface area contributed by atoms with Crippen LogP contribution in [0.4, 0.5) is 0 Å². The maximum absolute atomic E-state index is 11.9. The first kappa shape index (κ1) is 14.9. The van der Waals surface area contributed by atoms with Crippen LogP contribution in [-0.2, 0) is 4.79 Å². The first-order valence-electron chi connectivity index (χ1n) is 6.80. The Bertz CT molecular complexity index is 489. The van der Waals surface area contributed by atoms with Crippen LogP contribution < -0.4 is 5.32 Å². The molecule has 1 amide bonds. The van der Waals surface area contributed by atoms with Crippen LogP contribution in [0.3, 0.4) is 0 Å². The molecule has 1 aromatic rings. The molecule has 20 heavy (non-hydrogen) atoms. The molecule has 110 valence electrons. The molecule has 2 N–H and O–H groups in total. The van der Waals surface area contributed by atoms with E-state index in [0.717, 1.165) is 25.7 Å². The van der Waals surface area contributed by atoms with E-state index in [9.17, 15) is 14.7 Å². The van der Waals surface area contributed by atoms with Gasteiger partial charge in [0, 0.05) is 6.54 Å². The third kappa shape index (κ3) is 3.33. The van der Waals surface area contributed by atoms with Crippen molar-refractivity contribution in [2.24, 2.45) is 5.41 Å². The lowest BCUT2D eigenvalue weighted by Gasteiger charge is -2.27. The van der Waals surface area contributed by atoms with Gasteiger partial charge in [-0.1, -0.05) is 25.7 Å². The number of carboxylic acid groups (broad SMARTS) is 1. The number of carboxylic acids is 1. The van der Waals surface area contributed by atoms with Crippen molar-refractivity contribution in [1.29, 1.82) is 0 Å². The van der Waals surface area contributed by atoms with Gasteiger partial charge < -0.3 is 14.8 Å². The van der Waals surface area contributed by atoms with E-state index in [-0.39, 0.29) is 17.5 Å². The maximum atomic E-state index is 11.9. The predicted octanol–water partition coefficient (Wildman–Crippen LogP) is 3.09. The molecule has 1 aliphatic rings. The quantitative estimate of drug-likeness (QED) is 0.837. The van der Waals surface area contributed by atoms with Crippen LogP contribution in [0.25, 0.3) is 0 Å². The molecule has 1 aliphatic carbocycles. The van der Waals surface area contributed by atoms with Crippen molar-refractivity contribution in [3.05, 3.63) is 23.1 Å². The van der Waals surface area contributed by atoms with E-state index in [1.54, 1.807) is 0 Å². The molecule has 5 nitrogen and oxygen atoms in total. The zero-order chi connectivity index (χ0) is 14.6. The molecule has 0 bridgehead atoms. The molecule has 0 aliphatic heterocycles. The highest BCUT2D eigenvalue weighted by Gasteiger charge is 2.39. The Labute approximate surface area is 122 Å². The number of amides is 1. The second-order valence-electron chi connectivity index (χ2n) is 5.29. The maximum Gasteiger partial charge on any atom is 0.311 e. The number of carbonyl (C=O) groups excluding carboxylic acids is 1. The molecule has 0 unspecified atom stereocenters. The average Bonchev–Trinajstić information content (AvgIpc) is 2.71. The summed E-state index contributed by atoms with van der Waals surface area (Å²) in [5.41, 5.74) is -0.859. The van der Waals surface area contributed by atoms with Gasteiger partial charge >= 0.3 is 5.97 Å². The predicted molar refractivity (Wildman–Crippen MR) is 73.8 cm³/mol. The molecule has 0 atom stereocenters. The van der Waals surface area contributed by atoms with Crippen molar-refractivity contribution in [2.75, 3.05) is 6.54 Å². The van der Waals surface area contributed by atoms with Gasteiger partial charge in [0.25, 0.3) is 5.91 Å². The zero-order valence-corrected chi connectivity index (χ0v) is 11.9. The second kappa shape index (κ2) is 6.31. The van der Waals surface area contributed by atoms with E-state index in [4.69, 9.17) is 16.0 Å². The Balaban J connectivity index is 2.01. The van der Waals surface area contributed by atoms with Gasteiger partial charge in [0.1, 0.15) is 0 Å². The summed E-state index contributed by atoms with van der Waals surface area (Å²) < 4.78 is 5.01. The monoisotopic (exact) mass is 299 g/mol. The van der Waals surface area contributed by atoms with Crippen LogP contribution in [0.1, 0.15) is 49.1 Å². The fourth-order valence-electron chi connectivity index (χ4n) is 2.64. The minimum absolute atomic E-state index is 0.101. The molecule has 6 heteroatoms. The van der Waals surface area contributed by atoms with E-state index in [1.807, 2.05) is 0 Å². The minimum atomic E-state index is -0.859. The van der Waals surface area contributed by atoms with Gasteiger partial charge in [-0.3, -0.25) is 9.59 Å². The summed E-state index contributed by atoms with van der Waals surface area (Å²) in [7, 11) is 0. The third-order valence-corrected chi connectivity index (χ3v) is 4.10. The molecule has 1 heterocycles. The number of aliphatic carboxylic acids is 1. The van der Waals surface area contributed by atoms with Crippen LogP contribution in [0, 0.1) is 5.41 Å². The van der Waals surface area contributed by atoms with E-state index < -0.39 is 17.3 Å². The van der Waals surface area contributed by atoms with Gasteiger partial charge in [-0.25, -0.2) is 0 Å². The fourth-order valence-corrected chi connectivity index (χ4v) is 2.79. The number of hydrogen-bond acceptors (Lipinski definition) is 3. The standard InChI is InChI=1S/C14H18ClNO4/c15-11-6-5-10(20-11)12(17)16-9-14(13(18)19)7-3-1-2-4-8-14/h5-6H,1-4,7-9H2,(H,16,17)(H,18,19). The van der Waals surface area contributed by atoms with E-state index >= 15 is 0 Å². The Morgan fingerprint density at radius 2 is 1.90 bits per heavy atom. The molecular formula is C14H18ClNO4. The number of hydrogen-bond donors (Lipinski definition) is 2. The Kier molecular flexibility index (Phi) is 4.70. The van der Waals surface area contributed by atoms with Crippen LogP contribution in [0.5, 0.6) is 0 Å². The van der Waals surface area contributed by atoms with Gasteiger partial charge in [-0.15, -0.1) is 0 Å². The third-order valence-electron chi connectivity index (χ3n) is 3.90. The summed E-state index contributed by atoms with van der Waals surface area (Å²) in [5, 5.41) is 12.3. The second-order valence-corrected chi connectivity index (χ2v) is 5.66. The number of rotatable bonds is 4. The minimum Gasteiger partial charge on any atom is -0.481 e.